The maximum atomic E-state index is 13.1. The molecule has 0 radical (unpaired) electrons. The second-order valence-electron chi connectivity index (χ2n) is 6.00. The summed E-state index contributed by atoms with van der Waals surface area (Å²) in [4.78, 5) is 25.3. The molecule has 3 rings (SSSR count). The molecule has 0 unspecified atom stereocenters. The van der Waals surface area contributed by atoms with E-state index < -0.39 is 18.0 Å². The van der Waals surface area contributed by atoms with Crippen molar-refractivity contribution in [2.24, 2.45) is 5.92 Å². The molecule has 0 N–H and O–H groups in total. The lowest BCUT2D eigenvalue weighted by Gasteiger charge is -2.33. The van der Waals surface area contributed by atoms with Crippen LogP contribution < -0.4 is 4.74 Å². The minimum atomic E-state index is -0.555. The summed E-state index contributed by atoms with van der Waals surface area (Å²) in [6.45, 7) is 5.57. The van der Waals surface area contributed by atoms with Crippen LogP contribution in [-0.4, -0.2) is 18.4 Å². The SMILES string of the molecule is C=C=C(C[C@H]1C(=O)c2ccccc2O[C@@H]1c1ccccc1)C(=O)OCC. The van der Waals surface area contributed by atoms with Crippen molar-refractivity contribution < 1.29 is 19.1 Å². The number of carbonyl (C=O) groups excluding carboxylic acids is 2. The molecule has 2 atom stereocenters. The number of esters is 1. The predicted octanol–water partition coefficient (Wildman–Crippen LogP) is 4.28. The molecule has 0 spiro atoms. The number of hydrogen-bond donors (Lipinski definition) is 0. The van der Waals surface area contributed by atoms with Gasteiger partial charge >= 0.3 is 5.97 Å². The molecule has 2 aromatic rings. The molecule has 4 nitrogen and oxygen atoms in total. The van der Waals surface area contributed by atoms with E-state index in [-0.39, 0.29) is 24.4 Å². The van der Waals surface area contributed by atoms with E-state index in [1.165, 1.54) is 0 Å². The summed E-state index contributed by atoms with van der Waals surface area (Å²) in [5, 5.41) is 0. The van der Waals surface area contributed by atoms with Crippen LogP contribution in [0.25, 0.3) is 0 Å². The topological polar surface area (TPSA) is 52.6 Å². The Bertz CT molecular complexity index is 863. The molecular formula is C22H20O4. The third-order valence-corrected chi connectivity index (χ3v) is 4.40. The number of Topliss-reactive ketones (excluding diaryl/α,β-unsaturated/α-hetero) is 1. The molecule has 0 bridgehead atoms. The first-order chi connectivity index (χ1) is 12.7. The molecule has 0 saturated carbocycles. The smallest absolute Gasteiger partial charge is 0.341 e. The number of ether oxygens (including phenoxy) is 2. The maximum absolute atomic E-state index is 13.1. The molecule has 0 aliphatic carbocycles. The zero-order valence-electron chi connectivity index (χ0n) is 14.6. The van der Waals surface area contributed by atoms with Gasteiger partial charge in [-0.1, -0.05) is 49.0 Å². The highest BCUT2D eigenvalue weighted by Gasteiger charge is 2.39. The van der Waals surface area contributed by atoms with Crippen molar-refractivity contribution in [1.29, 1.82) is 0 Å². The second kappa shape index (κ2) is 7.85. The van der Waals surface area contributed by atoms with Crippen LogP contribution in [0.2, 0.25) is 0 Å². The van der Waals surface area contributed by atoms with Crippen LogP contribution in [-0.2, 0) is 9.53 Å². The van der Waals surface area contributed by atoms with E-state index in [1.54, 1.807) is 25.1 Å². The van der Waals surface area contributed by atoms with Gasteiger partial charge in [-0.15, -0.1) is 5.73 Å². The summed E-state index contributed by atoms with van der Waals surface area (Å²) in [5.74, 6) is -0.553. The minimum absolute atomic E-state index is 0.0576. The molecule has 0 saturated heterocycles. The Labute approximate surface area is 152 Å². The van der Waals surface area contributed by atoms with Crippen molar-refractivity contribution in [2.45, 2.75) is 19.4 Å². The lowest BCUT2D eigenvalue weighted by Crippen LogP contribution is -2.32. The zero-order valence-corrected chi connectivity index (χ0v) is 14.6. The average Bonchev–Trinajstić information content (AvgIpc) is 2.68. The molecular weight excluding hydrogens is 328 g/mol. The predicted molar refractivity (Wildman–Crippen MR) is 98.0 cm³/mol. The molecule has 0 amide bonds. The van der Waals surface area contributed by atoms with Gasteiger partial charge in [-0.2, -0.15) is 0 Å². The van der Waals surface area contributed by atoms with Crippen LogP contribution in [0, 0.1) is 5.92 Å². The summed E-state index contributed by atoms with van der Waals surface area (Å²) in [6, 6.07) is 16.7. The van der Waals surface area contributed by atoms with Crippen LogP contribution >= 0.6 is 0 Å². The standard InChI is InChI=1S/C22H20O4/c1-3-15(22(24)25-4-2)14-18-20(23)17-12-8-9-13-19(17)26-21(18)16-10-6-5-7-11-16/h5-13,18,21H,1,4,14H2,2H3/t18-,21+/m0/s1. The molecule has 1 heterocycles. The van der Waals surface area contributed by atoms with Gasteiger partial charge in [0.25, 0.3) is 0 Å². The van der Waals surface area contributed by atoms with Crippen LogP contribution in [0.4, 0.5) is 0 Å². The fourth-order valence-corrected chi connectivity index (χ4v) is 3.14. The lowest BCUT2D eigenvalue weighted by atomic mass is 9.81. The van der Waals surface area contributed by atoms with Crippen LogP contribution in [0.3, 0.4) is 0 Å². The summed E-state index contributed by atoms with van der Waals surface area (Å²) >= 11 is 0. The van der Waals surface area contributed by atoms with Crippen LogP contribution in [0.5, 0.6) is 5.75 Å². The van der Waals surface area contributed by atoms with Gasteiger partial charge in [0, 0.05) is 6.42 Å². The maximum Gasteiger partial charge on any atom is 0.341 e. The van der Waals surface area contributed by atoms with E-state index in [0.29, 0.717) is 11.3 Å². The van der Waals surface area contributed by atoms with Gasteiger partial charge in [0.15, 0.2) is 5.78 Å². The second-order valence-corrected chi connectivity index (χ2v) is 6.00. The van der Waals surface area contributed by atoms with E-state index in [9.17, 15) is 9.59 Å². The lowest BCUT2D eigenvalue weighted by molar-refractivity contribution is -0.138. The van der Waals surface area contributed by atoms with Crippen molar-refractivity contribution in [3.8, 4) is 5.75 Å². The summed E-state index contributed by atoms with van der Waals surface area (Å²) in [6.07, 6.45) is -0.328. The van der Waals surface area contributed by atoms with Crippen molar-refractivity contribution >= 4 is 11.8 Å². The van der Waals surface area contributed by atoms with Crippen LogP contribution in [0.15, 0.2) is 72.5 Å². The highest BCUT2D eigenvalue weighted by Crippen LogP contribution is 2.41. The Hall–Kier alpha value is -3.10. The number of benzene rings is 2. The molecule has 0 aromatic heterocycles. The van der Waals surface area contributed by atoms with Gasteiger partial charge < -0.3 is 9.47 Å². The van der Waals surface area contributed by atoms with Gasteiger partial charge in [0.1, 0.15) is 11.9 Å². The number of hydrogen-bond acceptors (Lipinski definition) is 4. The van der Waals surface area contributed by atoms with Gasteiger partial charge in [-0.25, -0.2) is 4.79 Å². The Balaban J connectivity index is 2.00. The third-order valence-electron chi connectivity index (χ3n) is 4.40. The van der Waals surface area contributed by atoms with Crippen molar-refractivity contribution in [3.05, 3.63) is 83.6 Å². The third kappa shape index (κ3) is 3.46. The number of rotatable bonds is 5. The van der Waals surface area contributed by atoms with Crippen LogP contribution in [0.1, 0.15) is 35.4 Å². The van der Waals surface area contributed by atoms with Gasteiger partial charge in [-0.05, 0) is 24.6 Å². The highest BCUT2D eigenvalue weighted by atomic mass is 16.5. The number of fused-ring (bicyclic) bond motifs is 1. The highest BCUT2D eigenvalue weighted by molar-refractivity contribution is 6.02. The fourth-order valence-electron chi connectivity index (χ4n) is 3.14. The summed E-state index contributed by atoms with van der Waals surface area (Å²) in [5.41, 5.74) is 4.30. The van der Waals surface area contributed by atoms with Crippen molar-refractivity contribution in [3.63, 3.8) is 0 Å². The Morgan fingerprint density at radius 1 is 1.15 bits per heavy atom. The molecule has 4 heteroatoms. The number of carbonyl (C=O) groups is 2. The molecule has 2 aromatic carbocycles. The van der Waals surface area contributed by atoms with Crippen molar-refractivity contribution in [2.75, 3.05) is 6.61 Å². The van der Waals surface area contributed by atoms with Crippen molar-refractivity contribution in [1.82, 2.24) is 0 Å². The molecule has 1 aliphatic rings. The monoisotopic (exact) mass is 348 g/mol. The van der Waals surface area contributed by atoms with E-state index in [4.69, 9.17) is 9.47 Å². The van der Waals surface area contributed by atoms with Gasteiger partial charge in [0.2, 0.25) is 0 Å². The Morgan fingerprint density at radius 3 is 2.54 bits per heavy atom. The average molecular weight is 348 g/mol. The summed E-state index contributed by atoms with van der Waals surface area (Å²) in [7, 11) is 0. The van der Waals surface area contributed by atoms with E-state index in [0.717, 1.165) is 5.56 Å². The Kier molecular flexibility index (Phi) is 5.35. The first kappa shape index (κ1) is 17.7. The largest absolute Gasteiger partial charge is 0.484 e. The first-order valence-corrected chi connectivity index (χ1v) is 8.56. The number of para-hydroxylation sites is 1. The molecule has 132 valence electrons. The zero-order chi connectivity index (χ0) is 18.5. The quantitative estimate of drug-likeness (QED) is 0.460. The Morgan fingerprint density at radius 2 is 1.85 bits per heavy atom. The normalized spacial score (nSPS) is 18.3. The number of ketones is 1. The molecule has 1 aliphatic heterocycles. The molecule has 26 heavy (non-hydrogen) atoms. The van der Waals surface area contributed by atoms with E-state index in [1.807, 2.05) is 36.4 Å². The summed E-state index contributed by atoms with van der Waals surface area (Å²) < 4.78 is 11.2. The van der Waals surface area contributed by atoms with Gasteiger partial charge in [-0.3, -0.25) is 4.79 Å². The first-order valence-electron chi connectivity index (χ1n) is 8.56. The van der Waals surface area contributed by atoms with E-state index >= 15 is 0 Å². The van der Waals surface area contributed by atoms with E-state index in [2.05, 4.69) is 12.3 Å². The molecule has 0 fully saturated rings. The van der Waals surface area contributed by atoms with Gasteiger partial charge in [0.05, 0.1) is 23.7 Å². The minimum Gasteiger partial charge on any atom is -0.484 e. The fraction of sp³-hybridized carbons (Fsp3) is 0.227.